The van der Waals surface area contributed by atoms with Gasteiger partial charge in [-0.2, -0.15) is 0 Å². The Morgan fingerprint density at radius 1 is 1.23 bits per heavy atom. The largest absolute Gasteiger partial charge is 0.494 e. The number of ether oxygens (including phenoxy) is 1. The van der Waals surface area contributed by atoms with Crippen molar-refractivity contribution >= 4 is 5.91 Å². The summed E-state index contributed by atoms with van der Waals surface area (Å²) in [7, 11) is 1.42. The average molecular weight is 420 g/mol. The second kappa shape index (κ2) is 9.20. The molecule has 1 aliphatic rings. The van der Waals surface area contributed by atoms with Gasteiger partial charge in [-0.25, -0.2) is 14.4 Å². The third-order valence-corrected chi connectivity index (χ3v) is 5.64. The lowest BCUT2D eigenvalue weighted by atomic mass is 9.93. The van der Waals surface area contributed by atoms with Gasteiger partial charge in [0.1, 0.15) is 5.82 Å². The van der Waals surface area contributed by atoms with Crippen LogP contribution in [0.5, 0.6) is 5.75 Å². The summed E-state index contributed by atoms with van der Waals surface area (Å²) in [6.45, 7) is 2.51. The summed E-state index contributed by atoms with van der Waals surface area (Å²) in [6, 6.07) is 8.36. The van der Waals surface area contributed by atoms with Crippen LogP contribution in [0.3, 0.4) is 0 Å². The molecule has 1 aromatic carbocycles. The molecule has 0 N–H and O–H groups in total. The number of benzene rings is 1. The second-order valence-electron chi connectivity index (χ2n) is 7.70. The highest BCUT2D eigenvalue weighted by Gasteiger charge is 2.31. The van der Waals surface area contributed by atoms with Crippen LogP contribution in [0.1, 0.15) is 42.4 Å². The zero-order chi connectivity index (χ0) is 21.8. The van der Waals surface area contributed by atoms with E-state index in [0.29, 0.717) is 17.9 Å². The molecule has 4 rings (SSSR count). The maximum atomic E-state index is 14.1. The van der Waals surface area contributed by atoms with Crippen molar-refractivity contribution in [1.82, 2.24) is 19.9 Å². The van der Waals surface area contributed by atoms with Crippen molar-refractivity contribution in [1.29, 1.82) is 0 Å². The quantitative estimate of drug-likeness (QED) is 0.616. The highest BCUT2D eigenvalue weighted by Crippen LogP contribution is 2.36. The molecular formula is C24H25FN4O2. The molecule has 1 saturated heterocycles. The van der Waals surface area contributed by atoms with E-state index in [1.165, 1.54) is 13.2 Å². The van der Waals surface area contributed by atoms with Crippen molar-refractivity contribution in [3.05, 3.63) is 71.8 Å². The summed E-state index contributed by atoms with van der Waals surface area (Å²) in [6.07, 6.45) is 8.21. The number of aromatic nitrogens is 3. The van der Waals surface area contributed by atoms with Crippen molar-refractivity contribution in [2.75, 3.05) is 13.7 Å². The lowest BCUT2D eigenvalue weighted by Gasteiger charge is -2.36. The van der Waals surface area contributed by atoms with Gasteiger partial charge < -0.3 is 9.64 Å². The first-order chi connectivity index (χ1) is 15.1. The minimum absolute atomic E-state index is 0.0359. The zero-order valence-electron chi connectivity index (χ0n) is 17.7. The predicted molar refractivity (Wildman–Crippen MR) is 115 cm³/mol. The Balaban J connectivity index is 1.64. The lowest BCUT2D eigenvalue weighted by molar-refractivity contribution is -0.134. The number of carbonyl (C=O) groups excluding carboxylic acids is 1. The van der Waals surface area contributed by atoms with Crippen LogP contribution in [0.25, 0.3) is 11.1 Å². The van der Waals surface area contributed by atoms with E-state index >= 15 is 0 Å². The van der Waals surface area contributed by atoms with Gasteiger partial charge in [0, 0.05) is 30.7 Å². The summed E-state index contributed by atoms with van der Waals surface area (Å²) < 4.78 is 19.1. The Labute approximate surface area is 181 Å². The number of carbonyl (C=O) groups is 1. The fourth-order valence-corrected chi connectivity index (χ4v) is 4.11. The number of amides is 1. The van der Waals surface area contributed by atoms with Gasteiger partial charge in [-0.3, -0.25) is 9.78 Å². The van der Waals surface area contributed by atoms with Crippen molar-refractivity contribution in [2.24, 2.45) is 0 Å². The van der Waals surface area contributed by atoms with Crippen LogP contribution in [0.4, 0.5) is 4.39 Å². The van der Waals surface area contributed by atoms with Crippen LogP contribution < -0.4 is 4.74 Å². The van der Waals surface area contributed by atoms with Crippen LogP contribution in [0.15, 0.2) is 48.9 Å². The van der Waals surface area contributed by atoms with E-state index in [-0.39, 0.29) is 24.1 Å². The average Bonchev–Trinajstić information content (AvgIpc) is 2.80. The molecule has 160 valence electrons. The van der Waals surface area contributed by atoms with Gasteiger partial charge in [-0.05, 0) is 61.6 Å². The molecule has 1 fully saturated rings. The highest BCUT2D eigenvalue weighted by atomic mass is 19.1. The maximum absolute atomic E-state index is 14.1. The SMILES string of the molecule is COc1ccc(CC(=O)N2CCCC[C@H]2c2nc(C)ncc2-c2ccncc2)cc1F. The predicted octanol–water partition coefficient (Wildman–Crippen LogP) is 4.29. The normalized spacial score (nSPS) is 16.2. The zero-order valence-corrected chi connectivity index (χ0v) is 17.7. The van der Waals surface area contributed by atoms with E-state index in [9.17, 15) is 9.18 Å². The summed E-state index contributed by atoms with van der Waals surface area (Å²) in [5.41, 5.74) is 3.36. The number of aryl methyl sites for hydroxylation is 1. The van der Waals surface area contributed by atoms with Crippen molar-refractivity contribution in [2.45, 2.75) is 38.6 Å². The van der Waals surface area contributed by atoms with E-state index in [4.69, 9.17) is 9.72 Å². The molecule has 3 aromatic rings. The Morgan fingerprint density at radius 2 is 2.03 bits per heavy atom. The van der Waals surface area contributed by atoms with Gasteiger partial charge in [0.05, 0.1) is 25.3 Å². The van der Waals surface area contributed by atoms with Crippen LogP contribution >= 0.6 is 0 Å². The molecule has 31 heavy (non-hydrogen) atoms. The van der Waals surface area contributed by atoms with Crippen LogP contribution in [0, 0.1) is 12.7 Å². The molecule has 1 atom stereocenters. The molecule has 0 unspecified atom stereocenters. The number of pyridine rings is 1. The van der Waals surface area contributed by atoms with Crippen LogP contribution in [0.2, 0.25) is 0 Å². The minimum atomic E-state index is -0.464. The first-order valence-corrected chi connectivity index (χ1v) is 10.4. The smallest absolute Gasteiger partial charge is 0.227 e. The van der Waals surface area contributed by atoms with Gasteiger partial charge in [-0.15, -0.1) is 0 Å². The van der Waals surface area contributed by atoms with Crippen molar-refractivity contribution in [3.8, 4) is 16.9 Å². The van der Waals surface area contributed by atoms with Gasteiger partial charge in [0.25, 0.3) is 0 Å². The molecule has 1 aliphatic heterocycles. The molecule has 2 aromatic heterocycles. The fraction of sp³-hybridized carbons (Fsp3) is 0.333. The monoisotopic (exact) mass is 420 g/mol. The Hall–Kier alpha value is -3.35. The summed E-state index contributed by atoms with van der Waals surface area (Å²) in [4.78, 5) is 28.4. The topological polar surface area (TPSA) is 68.2 Å². The van der Waals surface area contributed by atoms with Crippen LogP contribution in [-0.4, -0.2) is 39.4 Å². The third-order valence-electron chi connectivity index (χ3n) is 5.64. The summed E-state index contributed by atoms with van der Waals surface area (Å²) >= 11 is 0. The molecule has 0 spiro atoms. The molecular weight excluding hydrogens is 395 g/mol. The first kappa shape index (κ1) is 20.9. The number of piperidine rings is 1. The van der Waals surface area contributed by atoms with E-state index in [2.05, 4.69) is 9.97 Å². The number of rotatable bonds is 5. The highest BCUT2D eigenvalue weighted by molar-refractivity contribution is 5.80. The molecule has 0 aliphatic carbocycles. The number of halogens is 1. The van der Waals surface area contributed by atoms with Gasteiger partial charge in [-0.1, -0.05) is 6.07 Å². The summed E-state index contributed by atoms with van der Waals surface area (Å²) in [5.74, 6) is 0.342. The Kier molecular flexibility index (Phi) is 6.21. The van der Waals surface area contributed by atoms with Gasteiger partial charge in [0.15, 0.2) is 11.6 Å². The molecule has 7 heteroatoms. The summed E-state index contributed by atoms with van der Waals surface area (Å²) in [5, 5.41) is 0. The fourth-order valence-electron chi connectivity index (χ4n) is 4.11. The number of methoxy groups -OCH3 is 1. The first-order valence-electron chi connectivity index (χ1n) is 10.4. The number of likely N-dealkylation sites (tertiary alicyclic amines) is 1. The van der Waals surface area contributed by atoms with E-state index in [1.807, 2.05) is 30.2 Å². The van der Waals surface area contributed by atoms with Gasteiger partial charge >= 0.3 is 0 Å². The number of hydrogen-bond acceptors (Lipinski definition) is 5. The molecule has 0 bridgehead atoms. The van der Waals surface area contributed by atoms with E-state index < -0.39 is 5.82 Å². The third kappa shape index (κ3) is 4.55. The Morgan fingerprint density at radius 3 is 2.77 bits per heavy atom. The minimum Gasteiger partial charge on any atom is -0.494 e. The van der Waals surface area contributed by atoms with Crippen molar-refractivity contribution in [3.63, 3.8) is 0 Å². The number of nitrogens with zero attached hydrogens (tertiary/aromatic N) is 4. The number of hydrogen-bond donors (Lipinski definition) is 0. The molecule has 1 amide bonds. The van der Waals surface area contributed by atoms with E-state index in [0.717, 1.165) is 36.1 Å². The lowest BCUT2D eigenvalue weighted by Crippen LogP contribution is -2.40. The maximum Gasteiger partial charge on any atom is 0.227 e. The van der Waals surface area contributed by atoms with Crippen molar-refractivity contribution < 1.29 is 13.9 Å². The second-order valence-corrected chi connectivity index (χ2v) is 7.70. The Bertz CT molecular complexity index is 1070. The molecule has 6 nitrogen and oxygen atoms in total. The molecule has 0 radical (unpaired) electrons. The van der Waals surface area contributed by atoms with Crippen LogP contribution in [-0.2, 0) is 11.2 Å². The molecule has 0 saturated carbocycles. The van der Waals surface area contributed by atoms with E-state index in [1.54, 1.807) is 24.5 Å². The van der Waals surface area contributed by atoms with Gasteiger partial charge in [0.2, 0.25) is 5.91 Å². The standard InChI is InChI=1S/C24H25FN4O2/c1-16-27-15-19(18-8-10-26-11-9-18)24(28-16)21-5-3-4-12-29(21)23(30)14-17-6-7-22(31-2)20(25)13-17/h6-11,13,15,21H,3-5,12,14H2,1-2H3/t21-/m0/s1. The molecule has 3 heterocycles.